The molecule has 0 aliphatic rings. The summed E-state index contributed by atoms with van der Waals surface area (Å²) in [5.41, 5.74) is 1.71. The third-order valence-corrected chi connectivity index (χ3v) is 3.35. The Kier molecular flexibility index (Phi) is 3.07. The molecule has 1 aromatic carbocycles. The standard InChI is InChI=1S/C13H10N4OS/c18-13(17-6-4-14-9-17)16-11-3-1-2-10(8-11)12-15-5-7-19-12/h1-9H,(H,16,18). The van der Waals surface area contributed by atoms with Gasteiger partial charge in [0.25, 0.3) is 0 Å². The molecule has 1 N–H and O–H groups in total. The zero-order valence-corrected chi connectivity index (χ0v) is 10.7. The van der Waals surface area contributed by atoms with E-state index in [0.29, 0.717) is 0 Å². The van der Waals surface area contributed by atoms with Gasteiger partial charge in [0.15, 0.2) is 0 Å². The van der Waals surface area contributed by atoms with Gasteiger partial charge in [-0.15, -0.1) is 11.3 Å². The predicted octanol–water partition coefficient (Wildman–Crippen LogP) is 3.09. The number of aromatic nitrogens is 3. The van der Waals surface area contributed by atoms with E-state index < -0.39 is 0 Å². The minimum Gasteiger partial charge on any atom is -0.307 e. The molecule has 94 valence electrons. The van der Waals surface area contributed by atoms with Crippen LogP contribution >= 0.6 is 11.3 Å². The van der Waals surface area contributed by atoms with Crippen LogP contribution in [0, 0.1) is 0 Å². The summed E-state index contributed by atoms with van der Waals surface area (Å²) < 4.78 is 1.38. The van der Waals surface area contributed by atoms with Crippen LogP contribution in [0.1, 0.15) is 0 Å². The van der Waals surface area contributed by atoms with Crippen LogP contribution in [0.15, 0.2) is 54.6 Å². The van der Waals surface area contributed by atoms with Crippen molar-refractivity contribution in [3.63, 3.8) is 0 Å². The number of anilines is 1. The van der Waals surface area contributed by atoms with Gasteiger partial charge in [0.05, 0.1) is 0 Å². The molecule has 5 nitrogen and oxygen atoms in total. The Hall–Kier alpha value is -2.47. The van der Waals surface area contributed by atoms with Gasteiger partial charge in [-0.25, -0.2) is 14.8 Å². The summed E-state index contributed by atoms with van der Waals surface area (Å²) in [5, 5.41) is 5.66. The van der Waals surface area contributed by atoms with Gasteiger partial charge in [0.2, 0.25) is 0 Å². The highest BCUT2D eigenvalue weighted by Crippen LogP contribution is 2.24. The average molecular weight is 270 g/mol. The normalized spacial score (nSPS) is 10.3. The molecule has 2 heterocycles. The maximum absolute atomic E-state index is 11.9. The largest absolute Gasteiger partial charge is 0.331 e. The molecule has 0 unspecified atom stereocenters. The number of nitrogens with one attached hydrogen (secondary N) is 1. The van der Waals surface area contributed by atoms with Crippen LogP contribution in [-0.4, -0.2) is 20.6 Å². The molecule has 3 aromatic rings. The summed E-state index contributed by atoms with van der Waals surface area (Å²) in [5.74, 6) is 0. The van der Waals surface area contributed by atoms with E-state index >= 15 is 0 Å². The summed E-state index contributed by atoms with van der Waals surface area (Å²) in [4.78, 5) is 20.0. The van der Waals surface area contributed by atoms with Gasteiger partial charge in [-0.05, 0) is 12.1 Å². The molecular weight excluding hydrogens is 260 g/mol. The number of carbonyl (C=O) groups excluding carboxylic acids is 1. The van der Waals surface area contributed by atoms with Crippen molar-refractivity contribution in [2.75, 3.05) is 5.32 Å². The second kappa shape index (κ2) is 5.03. The molecule has 3 rings (SSSR count). The van der Waals surface area contributed by atoms with Crippen LogP contribution in [0.25, 0.3) is 10.6 Å². The monoisotopic (exact) mass is 270 g/mol. The van der Waals surface area contributed by atoms with Gasteiger partial charge < -0.3 is 5.32 Å². The molecule has 6 heteroatoms. The van der Waals surface area contributed by atoms with E-state index in [1.54, 1.807) is 29.9 Å². The second-order valence-electron chi connectivity index (χ2n) is 3.82. The van der Waals surface area contributed by atoms with E-state index in [0.717, 1.165) is 16.3 Å². The van der Waals surface area contributed by atoms with Gasteiger partial charge in [0, 0.05) is 35.2 Å². The van der Waals surface area contributed by atoms with Crippen molar-refractivity contribution >= 4 is 23.1 Å². The van der Waals surface area contributed by atoms with E-state index in [2.05, 4.69) is 15.3 Å². The Bertz CT molecular complexity index is 677. The van der Waals surface area contributed by atoms with E-state index in [1.807, 2.05) is 29.6 Å². The Morgan fingerprint density at radius 1 is 1.32 bits per heavy atom. The third kappa shape index (κ3) is 2.53. The number of rotatable bonds is 2. The second-order valence-corrected chi connectivity index (χ2v) is 4.71. The number of benzene rings is 1. The van der Waals surface area contributed by atoms with E-state index in [4.69, 9.17) is 0 Å². The number of carbonyl (C=O) groups is 1. The number of amides is 1. The maximum Gasteiger partial charge on any atom is 0.331 e. The highest BCUT2D eigenvalue weighted by atomic mass is 32.1. The van der Waals surface area contributed by atoms with Crippen molar-refractivity contribution in [1.82, 2.24) is 14.5 Å². The van der Waals surface area contributed by atoms with Crippen LogP contribution < -0.4 is 5.32 Å². The Morgan fingerprint density at radius 2 is 2.26 bits per heavy atom. The first-order valence-electron chi connectivity index (χ1n) is 5.62. The summed E-state index contributed by atoms with van der Waals surface area (Å²) >= 11 is 1.56. The van der Waals surface area contributed by atoms with Crippen molar-refractivity contribution in [3.05, 3.63) is 54.6 Å². The van der Waals surface area contributed by atoms with E-state index in [1.165, 1.54) is 10.9 Å². The van der Waals surface area contributed by atoms with Crippen molar-refractivity contribution < 1.29 is 4.79 Å². The number of thiazole rings is 1. The molecule has 1 amide bonds. The molecule has 0 spiro atoms. The van der Waals surface area contributed by atoms with Gasteiger partial charge in [-0.1, -0.05) is 12.1 Å². The molecule has 0 atom stereocenters. The number of nitrogens with zero attached hydrogens (tertiary/aromatic N) is 3. The number of hydrogen-bond acceptors (Lipinski definition) is 4. The van der Waals surface area contributed by atoms with E-state index in [9.17, 15) is 4.79 Å². The van der Waals surface area contributed by atoms with Gasteiger partial charge in [-0.3, -0.25) is 4.57 Å². The summed E-state index contributed by atoms with van der Waals surface area (Å²) in [7, 11) is 0. The maximum atomic E-state index is 11.9. The van der Waals surface area contributed by atoms with Crippen LogP contribution in [0.4, 0.5) is 10.5 Å². The predicted molar refractivity (Wildman–Crippen MR) is 74.2 cm³/mol. The summed E-state index contributed by atoms with van der Waals surface area (Å²) in [6, 6.07) is 7.35. The van der Waals surface area contributed by atoms with Crippen molar-refractivity contribution in [2.24, 2.45) is 0 Å². The first kappa shape index (κ1) is 11.6. The molecule has 2 aromatic heterocycles. The fraction of sp³-hybridized carbons (Fsp3) is 0. The van der Waals surface area contributed by atoms with Gasteiger partial charge >= 0.3 is 6.03 Å². The SMILES string of the molecule is O=C(Nc1cccc(-c2nccs2)c1)n1ccnc1. The Balaban J connectivity index is 1.82. The lowest BCUT2D eigenvalue weighted by molar-refractivity contribution is 0.253. The Morgan fingerprint density at radius 3 is 3.00 bits per heavy atom. The molecule has 0 saturated carbocycles. The van der Waals surface area contributed by atoms with Crippen LogP contribution in [0.5, 0.6) is 0 Å². The first-order chi connectivity index (χ1) is 9.33. The fourth-order valence-electron chi connectivity index (χ4n) is 1.66. The highest BCUT2D eigenvalue weighted by molar-refractivity contribution is 7.13. The number of hydrogen-bond donors (Lipinski definition) is 1. The van der Waals surface area contributed by atoms with Crippen LogP contribution in [-0.2, 0) is 0 Å². The van der Waals surface area contributed by atoms with Crippen molar-refractivity contribution in [2.45, 2.75) is 0 Å². The topological polar surface area (TPSA) is 59.8 Å². The zero-order chi connectivity index (χ0) is 13.1. The summed E-state index contributed by atoms with van der Waals surface area (Å²) in [6.07, 6.45) is 6.38. The van der Waals surface area contributed by atoms with E-state index in [-0.39, 0.29) is 6.03 Å². The minimum absolute atomic E-state index is 0.242. The van der Waals surface area contributed by atoms with Crippen molar-refractivity contribution in [3.8, 4) is 10.6 Å². The number of imidazole rings is 1. The third-order valence-electron chi connectivity index (χ3n) is 2.53. The molecule has 0 fully saturated rings. The fourth-order valence-corrected chi connectivity index (χ4v) is 2.30. The molecule has 0 aliphatic heterocycles. The van der Waals surface area contributed by atoms with Gasteiger partial charge in [-0.2, -0.15) is 0 Å². The summed E-state index contributed by atoms with van der Waals surface area (Å²) in [6.45, 7) is 0. The highest BCUT2D eigenvalue weighted by Gasteiger charge is 2.06. The average Bonchev–Trinajstić information content (AvgIpc) is 3.13. The molecule has 0 saturated heterocycles. The van der Waals surface area contributed by atoms with Crippen molar-refractivity contribution in [1.29, 1.82) is 0 Å². The first-order valence-corrected chi connectivity index (χ1v) is 6.50. The quantitative estimate of drug-likeness (QED) is 0.778. The molecule has 0 radical (unpaired) electrons. The lowest BCUT2D eigenvalue weighted by Crippen LogP contribution is -2.17. The van der Waals surface area contributed by atoms with Crippen LogP contribution in [0.2, 0.25) is 0 Å². The lowest BCUT2D eigenvalue weighted by Gasteiger charge is -2.06. The minimum atomic E-state index is -0.242. The molecule has 0 aliphatic carbocycles. The molecular formula is C13H10N4OS. The lowest BCUT2D eigenvalue weighted by atomic mass is 10.2. The van der Waals surface area contributed by atoms with Crippen LogP contribution in [0.3, 0.4) is 0 Å². The smallest absolute Gasteiger partial charge is 0.307 e. The Labute approximate surface area is 113 Å². The molecule has 0 bridgehead atoms. The van der Waals surface area contributed by atoms with Gasteiger partial charge in [0.1, 0.15) is 11.3 Å². The zero-order valence-electron chi connectivity index (χ0n) is 9.85. The molecule has 19 heavy (non-hydrogen) atoms.